The Morgan fingerprint density at radius 1 is 1.07 bits per heavy atom. The second-order valence-corrected chi connectivity index (χ2v) is 8.80. The zero-order valence-electron chi connectivity index (χ0n) is 15.8. The summed E-state index contributed by atoms with van der Waals surface area (Å²) in [6, 6.07) is 21.0. The van der Waals surface area contributed by atoms with Crippen LogP contribution in [0.3, 0.4) is 0 Å². The molecule has 0 atom stereocenters. The van der Waals surface area contributed by atoms with Gasteiger partial charge in [0, 0.05) is 23.7 Å². The van der Waals surface area contributed by atoms with Gasteiger partial charge in [-0.1, -0.05) is 84.1 Å². The molecule has 1 aliphatic heterocycles. The van der Waals surface area contributed by atoms with E-state index in [1.165, 1.54) is 16.7 Å². The highest BCUT2D eigenvalue weighted by Gasteiger charge is 2.32. The zero-order valence-corrected chi connectivity index (χ0v) is 18.2. The van der Waals surface area contributed by atoms with E-state index in [2.05, 4.69) is 5.32 Å². The van der Waals surface area contributed by atoms with Gasteiger partial charge in [-0.15, -0.1) is 0 Å². The minimum absolute atomic E-state index is 0.151. The highest BCUT2D eigenvalue weighted by Crippen LogP contribution is 2.33. The Morgan fingerprint density at radius 3 is 2.60 bits per heavy atom. The second kappa shape index (κ2) is 9.00. The molecule has 0 aromatic heterocycles. The number of thiocarbonyl (C=S) groups is 1. The first-order chi connectivity index (χ1) is 14.5. The maximum Gasteiger partial charge on any atom is 0.266 e. The Labute approximate surface area is 188 Å². The lowest BCUT2D eigenvalue weighted by Gasteiger charge is -2.14. The van der Waals surface area contributed by atoms with Gasteiger partial charge in [0.2, 0.25) is 5.91 Å². The van der Waals surface area contributed by atoms with E-state index < -0.39 is 0 Å². The van der Waals surface area contributed by atoms with E-state index in [1.807, 2.05) is 60.7 Å². The molecule has 1 aliphatic rings. The van der Waals surface area contributed by atoms with Crippen molar-refractivity contribution in [3.05, 3.63) is 82.2 Å². The average Bonchev–Trinajstić information content (AvgIpc) is 3.00. The number of nitrogens with zero attached hydrogens (tertiary/aromatic N) is 1. The van der Waals surface area contributed by atoms with Gasteiger partial charge in [0.25, 0.3) is 5.91 Å². The summed E-state index contributed by atoms with van der Waals surface area (Å²) in [4.78, 5) is 27.1. The molecule has 4 nitrogen and oxygen atoms in total. The number of rotatable bonds is 5. The fourth-order valence-electron chi connectivity index (χ4n) is 3.13. The van der Waals surface area contributed by atoms with E-state index in [4.69, 9.17) is 23.8 Å². The van der Waals surface area contributed by atoms with Crippen LogP contribution < -0.4 is 5.32 Å². The number of carbonyl (C=O) groups is 2. The van der Waals surface area contributed by atoms with Crippen molar-refractivity contribution in [1.29, 1.82) is 0 Å². The molecular weight excluding hydrogens is 436 g/mol. The van der Waals surface area contributed by atoms with Crippen LogP contribution in [0.25, 0.3) is 16.8 Å². The highest BCUT2D eigenvalue weighted by molar-refractivity contribution is 8.26. The van der Waals surface area contributed by atoms with E-state index in [0.717, 1.165) is 22.0 Å². The van der Waals surface area contributed by atoms with Gasteiger partial charge < -0.3 is 5.32 Å². The van der Waals surface area contributed by atoms with Gasteiger partial charge in [0.05, 0.1) is 4.91 Å². The standard InChI is InChI=1S/C23H17ClN2O2S2/c24-19-8-4-3-7-17(19)14-20-22(28)26(23(29)30-20)12-11-21(27)25-18-10-9-15-5-1-2-6-16(15)13-18/h1-10,13-14H,11-12H2,(H,25,27)/b20-14-. The summed E-state index contributed by atoms with van der Waals surface area (Å²) in [7, 11) is 0. The highest BCUT2D eigenvalue weighted by atomic mass is 35.5. The average molecular weight is 453 g/mol. The summed E-state index contributed by atoms with van der Waals surface area (Å²) < 4.78 is 0.441. The molecule has 0 radical (unpaired) electrons. The maximum atomic E-state index is 12.7. The number of anilines is 1. The number of amides is 2. The Bertz CT molecular complexity index is 1190. The van der Waals surface area contributed by atoms with Gasteiger partial charge in [0.1, 0.15) is 4.32 Å². The lowest BCUT2D eigenvalue weighted by Crippen LogP contribution is -2.31. The first kappa shape index (κ1) is 20.6. The molecule has 1 heterocycles. The third kappa shape index (κ3) is 4.56. The molecule has 30 heavy (non-hydrogen) atoms. The summed E-state index contributed by atoms with van der Waals surface area (Å²) in [5.74, 6) is -0.377. The number of nitrogens with one attached hydrogen (secondary N) is 1. The van der Waals surface area contributed by atoms with Crippen LogP contribution in [0.5, 0.6) is 0 Å². The molecule has 0 bridgehead atoms. The van der Waals surface area contributed by atoms with Gasteiger partial charge in [0.15, 0.2) is 0 Å². The van der Waals surface area contributed by atoms with E-state index in [9.17, 15) is 9.59 Å². The predicted octanol–water partition coefficient (Wildman–Crippen LogP) is 5.72. The minimum Gasteiger partial charge on any atom is -0.326 e. The molecule has 0 aliphatic carbocycles. The van der Waals surface area contributed by atoms with Crippen molar-refractivity contribution in [1.82, 2.24) is 4.90 Å². The van der Waals surface area contributed by atoms with Crippen LogP contribution in [-0.2, 0) is 9.59 Å². The molecule has 2 amide bonds. The van der Waals surface area contributed by atoms with Gasteiger partial charge in [-0.25, -0.2) is 0 Å². The van der Waals surface area contributed by atoms with Gasteiger partial charge in [-0.3, -0.25) is 14.5 Å². The van der Waals surface area contributed by atoms with E-state index in [-0.39, 0.29) is 24.8 Å². The first-order valence-electron chi connectivity index (χ1n) is 9.30. The number of thioether (sulfide) groups is 1. The van der Waals surface area contributed by atoms with Crippen molar-refractivity contribution in [3.8, 4) is 0 Å². The Kier molecular flexibility index (Phi) is 6.18. The molecule has 1 fully saturated rings. The molecule has 0 unspecified atom stereocenters. The predicted molar refractivity (Wildman–Crippen MR) is 129 cm³/mol. The van der Waals surface area contributed by atoms with Gasteiger partial charge >= 0.3 is 0 Å². The zero-order chi connectivity index (χ0) is 21.1. The number of halogens is 1. The summed E-state index contributed by atoms with van der Waals surface area (Å²) in [5, 5.41) is 5.62. The molecule has 1 N–H and O–H groups in total. The number of hydrogen-bond acceptors (Lipinski definition) is 4. The fourth-order valence-corrected chi connectivity index (χ4v) is 4.62. The maximum absolute atomic E-state index is 12.7. The molecule has 1 saturated heterocycles. The largest absolute Gasteiger partial charge is 0.326 e. The van der Waals surface area contributed by atoms with Crippen LogP contribution in [0.1, 0.15) is 12.0 Å². The molecule has 0 saturated carbocycles. The van der Waals surface area contributed by atoms with Crippen LogP contribution in [0.4, 0.5) is 5.69 Å². The van der Waals surface area contributed by atoms with E-state index >= 15 is 0 Å². The molecular formula is C23H17ClN2O2S2. The third-order valence-electron chi connectivity index (χ3n) is 4.66. The van der Waals surface area contributed by atoms with Crippen molar-refractivity contribution >= 4 is 74.3 Å². The van der Waals surface area contributed by atoms with Crippen LogP contribution >= 0.6 is 35.6 Å². The molecule has 0 spiro atoms. The van der Waals surface area contributed by atoms with Crippen molar-refractivity contribution in [2.24, 2.45) is 0 Å². The number of benzene rings is 3. The quantitative estimate of drug-likeness (QED) is 0.397. The third-order valence-corrected chi connectivity index (χ3v) is 6.38. The molecule has 4 rings (SSSR count). The monoisotopic (exact) mass is 452 g/mol. The van der Waals surface area contributed by atoms with Crippen molar-refractivity contribution < 1.29 is 9.59 Å². The SMILES string of the molecule is O=C(CCN1C(=O)/C(=C/c2ccccc2Cl)SC1=S)Nc1ccc2ccccc2c1. The Hall–Kier alpha value is -2.67. The lowest BCUT2D eigenvalue weighted by molar-refractivity contribution is -0.122. The Balaban J connectivity index is 1.39. The minimum atomic E-state index is -0.205. The lowest BCUT2D eigenvalue weighted by atomic mass is 10.1. The van der Waals surface area contributed by atoms with Gasteiger partial charge in [-0.05, 0) is 40.6 Å². The fraction of sp³-hybridized carbons (Fsp3) is 0.0870. The summed E-state index contributed by atoms with van der Waals surface area (Å²) in [6.07, 6.45) is 1.88. The van der Waals surface area contributed by atoms with E-state index in [0.29, 0.717) is 14.2 Å². The van der Waals surface area contributed by atoms with Crippen molar-refractivity contribution in [2.75, 3.05) is 11.9 Å². The molecule has 3 aromatic carbocycles. The summed E-state index contributed by atoms with van der Waals surface area (Å²) in [6.45, 7) is 0.226. The summed E-state index contributed by atoms with van der Waals surface area (Å²) >= 11 is 12.7. The second-order valence-electron chi connectivity index (χ2n) is 6.71. The van der Waals surface area contributed by atoms with Crippen molar-refractivity contribution in [2.45, 2.75) is 6.42 Å². The number of hydrogen-bond donors (Lipinski definition) is 1. The number of fused-ring (bicyclic) bond motifs is 1. The molecule has 150 valence electrons. The molecule has 3 aromatic rings. The van der Waals surface area contributed by atoms with Crippen LogP contribution in [-0.4, -0.2) is 27.6 Å². The van der Waals surface area contributed by atoms with Crippen LogP contribution in [0.2, 0.25) is 5.02 Å². The van der Waals surface area contributed by atoms with Crippen LogP contribution in [0, 0.1) is 0 Å². The first-order valence-corrected chi connectivity index (χ1v) is 10.9. The van der Waals surface area contributed by atoms with Crippen molar-refractivity contribution in [3.63, 3.8) is 0 Å². The smallest absolute Gasteiger partial charge is 0.266 e. The molecule has 7 heteroatoms. The Morgan fingerprint density at radius 2 is 1.80 bits per heavy atom. The normalized spacial score (nSPS) is 15.2. The van der Waals surface area contributed by atoms with Crippen LogP contribution in [0.15, 0.2) is 71.6 Å². The van der Waals surface area contributed by atoms with Gasteiger partial charge in [-0.2, -0.15) is 0 Å². The van der Waals surface area contributed by atoms with E-state index in [1.54, 1.807) is 12.1 Å². The summed E-state index contributed by atoms with van der Waals surface area (Å²) in [5.41, 5.74) is 1.48. The topological polar surface area (TPSA) is 49.4 Å². The number of carbonyl (C=O) groups excluding carboxylic acids is 2.